The molecule has 0 saturated carbocycles. The summed E-state index contributed by atoms with van der Waals surface area (Å²) >= 11 is 0. The van der Waals surface area contributed by atoms with E-state index in [9.17, 15) is 9.90 Å². The summed E-state index contributed by atoms with van der Waals surface area (Å²) in [7, 11) is 0. The molecule has 1 fully saturated rings. The van der Waals surface area contributed by atoms with Crippen LogP contribution in [0.25, 0.3) is 5.65 Å². The van der Waals surface area contributed by atoms with E-state index in [1.807, 2.05) is 52.1 Å². The monoisotopic (exact) mass is 595 g/mol. The Labute approximate surface area is 253 Å². The van der Waals surface area contributed by atoms with Crippen LogP contribution in [0, 0.1) is 12.8 Å². The van der Waals surface area contributed by atoms with E-state index in [1.165, 1.54) is 0 Å². The van der Waals surface area contributed by atoms with Gasteiger partial charge in [-0.15, -0.1) is 5.10 Å². The summed E-state index contributed by atoms with van der Waals surface area (Å²) in [5, 5.41) is 24.1. The first-order valence-electron chi connectivity index (χ1n) is 15.2. The fourth-order valence-corrected chi connectivity index (χ4v) is 5.74. The van der Waals surface area contributed by atoms with E-state index < -0.39 is 17.7 Å². The SMILES string of the molecule is Cc1nc2cc3nn2c(c1[C@H](OC(C)(C)C)C(=O)O)N1CCC(C)(CC1)OCC=CCOC(CC(C)C)c1cn(nn1)C3. The van der Waals surface area contributed by atoms with Gasteiger partial charge in [0.25, 0.3) is 0 Å². The number of carboxylic acid groups (broad SMARTS) is 1. The Bertz CT molecular complexity index is 1460. The molecule has 3 aromatic heterocycles. The molecule has 6 rings (SSSR count). The van der Waals surface area contributed by atoms with Gasteiger partial charge in [0.2, 0.25) is 0 Å². The fourth-order valence-electron chi connectivity index (χ4n) is 5.74. The molecule has 0 aliphatic carbocycles. The maximum Gasteiger partial charge on any atom is 0.337 e. The van der Waals surface area contributed by atoms with E-state index in [2.05, 4.69) is 36.0 Å². The minimum Gasteiger partial charge on any atom is -0.479 e. The van der Waals surface area contributed by atoms with Crippen molar-refractivity contribution in [1.29, 1.82) is 0 Å². The van der Waals surface area contributed by atoms with Gasteiger partial charge in [-0.05, 0) is 59.8 Å². The fraction of sp³-hybridized carbons (Fsp3) is 0.645. The summed E-state index contributed by atoms with van der Waals surface area (Å²) < 4.78 is 22.2. The van der Waals surface area contributed by atoms with Crippen molar-refractivity contribution in [1.82, 2.24) is 29.6 Å². The molecule has 0 spiro atoms. The molecule has 234 valence electrons. The summed E-state index contributed by atoms with van der Waals surface area (Å²) in [6, 6.07) is 1.92. The molecule has 3 aliphatic rings. The van der Waals surface area contributed by atoms with Crippen LogP contribution in [0.15, 0.2) is 24.4 Å². The van der Waals surface area contributed by atoms with Gasteiger partial charge in [0.05, 0.1) is 48.4 Å². The highest BCUT2D eigenvalue weighted by Crippen LogP contribution is 2.38. The predicted molar refractivity (Wildman–Crippen MR) is 161 cm³/mol. The number of hydrogen-bond acceptors (Lipinski definition) is 9. The van der Waals surface area contributed by atoms with Gasteiger partial charge in [0.1, 0.15) is 17.6 Å². The Kier molecular flexibility index (Phi) is 8.92. The van der Waals surface area contributed by atoms with Gasteiger partial charge in [-0.2, -0.15) is 9.61 Å². The lowest BCUT2D eigenvalue weighted by molar-refractivity contribution is -0.160. The van der Waals surface area contributed by atoms with Crippen molar-refractivity contribution >= 4 is 17.4 Å². The third-order valence-corrected chi connectivity index (χ3v) is 7.92. The number of nitrogens with zero attached hydrogens (tertiary/aromatic N) is 7. The molecule has 0 aromatic carbocycles. The number of carboxylic acids is 1. The molecule has 3 aromatic rings. The number of fused-ring (bicyclic) bond motifs is 7. The summed E-state index contributed by atoms with van der Waals surface area (Å²) in [5.74, 6) is 0.0464. The molecule has 6 bridgehead atoms. The Morgan fingerprint density at radius 2 is 1.93 bits per heavy atom. The third kappa shape index (κ3) is 7.25. The summed E-state index contributed by atoms with van der Waals surface area (Å²) in [6.07, 6.45) is 6.88. The van der Waals surface area contributed by atoms with E-state index in [4.69, 9.17) is 24.3 Å². The zero-order valence-electron chi connectivity index (χ0n) is 26.4. The standard InChI is InChI=1S/C31H45N7O5/c1-20(2)16-24-23-19-37(35-33-23)18-22-17-25-32-21(3)26(27(29(39)40)43-30(4,5)6)28(38(25)34-22)36-12-10-31(7,11-13-36)42-15-9-8-14-41-24/h8-9,17,19-20,24,27H,10-16,18H2,1-7H3,(H,39,40)/t24?,27-/m0/s1. The van der Waals surface area contributed by atoms with Crippen LogP contribution in [-0.2, 0) is 25.5 Å². The summed E-state index contributed by atoms with van der Waals surface area (Å²) in [6.45, 7) is 16.5. The molecule has 43 heavy (non-hydrogen) atoms. The maximum absolute atomic E-state index is 12.7. The van der Waals surface area contributed by atoms with Crippen molar-refractivity contribution in [2.24, 2.45) is 5.92 Å². The molecule has 2 atom stereocenters. The lowest BCUT2D eigenvalue weighted by Crippen LogP contribution is -2.45. The smallest absolute Gasteiger partial charge is 0.337 e. The predicted octanol–water partition coefficient (Wildman–Crippen LogP) is 4.67. The molecule has 1 unspecified atom stereocenters. The first-order chi connectivity index (χ1) is 20.3. The highest BCUT2D eigenvalue weighted by atomic mass is 16.5. The van der Waals surface area contributed by atoms with E-state index in [0.717, 1.165) is 30.7 Å². The quantitative estimate of drug-likeness (QED) is 0.416. The van der Waals surface area contributed by atoms with Crippen LogP contribution in [0.2, 0.25) is 0 Å². The van der Waals surface area contributed by atoms with Crippen LogP contribution in [0.4, 0.5) is 5.82 Å². The zero-order chi connectivity index (χ0) is 30.9. The average molecular weight is 596 g/mol. The van der Waals surface area contributed by atoms with Crippen LogP contribution in [0.1, 0.15) is 95.7 Å². The van der Waals surface area contributed by atoms with Gasteiger partial charge in [-0.25, -0.2) is 14.5 Å². The minimum absolute atomic E-state index is 0.183. The largest absolute Gasteiger partial charge is 0.479 e. The first kappa shape index (κ1) is 31.1. The van der Waals surface area contributed by atoms with E-state index >= 15 is 0 Å². The number of rotatable bonds is 5. The molecule has 12 nitrogen and oxygen atoms in total. The van der Waals surface area contributed by atoms with Gasteiger partial charge >= 0.3 is 5.97 Å². The average Bonchev–Trinajstić information content (AvgIpc) is 3.54. The van der Waals surface area contributed by atoms with Gasteiger partial charge in [0, 0.05) is 24.8 Å². The number of piperidine rings is 1. The van der Waals surface area contributed by atoms with Crippen molar-refractivity contribution < 1.29 is 24.1 Å². The van der Waals surface area contributed by atoms with Gasteiger partial charge < -0.3 is 24.2 Å². The van der Waals surface area contributed by atoms with E-state index in [-0.39, 0.29) is 11.7 Å². The highest BCUT2D eigenvalue weighted by molar-refractivity contribution is 5.78. The van der Waals surface area contributed by atoms with Crippen molar-refractivity contribution in [3.63, 3.8) is 0 Å². The lowest BCUT2D eigenvalue weighted by atomic mass is 9.92. The van der Waals surface area contributed by atoms with Gasteiger partial charge in [-0.3, -0.25) is 0 Å². The number of anilines is 1. The number of aromatic nitrogens is 6. The number of carbonyl (C=O) groups is 1. The topological polar surface area (TPSA) is 129 Å². The van der Waals surface area contributed by atoms with Crippen molar-refractivity contribution in [2.45, 2.75) is 97.7 Å². The number of aryl methyl sites for hydroxylation is 1. The Balaban J connectivity index is 1.61. The van der Waals surface area contributed by atoms with E-state index in [1.54, 1.807) is 9.20 Å². The summed E-state index contributed by atoms with van der Waals surface area (Å²) in [5.41, 5.74) is 2.25. The van der Waals surface area contributed by atoms with Crippen LogP contribution in [0.3, 0.4) is 0 Å². The van der Waals surface area contributed by atoms with Crippen molar-refractivity contribution in [2.75, 3.05) is 31.2 Å². The van der Waals surface area contributed by atoms with Crippen molar-refractivity contribution in [3.8, 4) is 0 Å². The summed E-state index contributed by atoms with van der Waals surface area (Å²) in [4.78, 5) is 19.7. The molecule has 0 amide bonds. The minimum atomic E-state index is -1.22. The van der Waals surface area contributed by atoms with Gasteiger partial charge in [-0.1, -0.05) is 31.2 Å². The molecule has 6 heterocycles. The molecule has 12 heteroatoms. The zero-order valence-corrected chi connectivity index (χ0v) is 26.4. The van der Waals surface area contributed by atoms with E-state index in [0.29, 0.717) is 61.5 Å². The van der Waals surface area contributed by atoms with Gasteiger partial charge in [0.15, 0.2) is 11.8 Å². The second-order valence-electron chi connectivity index (χ2n) is 13.3. The molecule has 3 aliphatic heterocycles. The molecule has 1 saturated heterocycles. The highest BCUT2D eigenvalue weighted by Gasteiger charge is 2.37. The third-order valence-electron chi connectivity index (χ3n) is 7.92. The van der Waals surface area contributed by atoms with Crippen LogP contribution >= 0.6 is 0 Å². The second-order valence-corrected chi connectivity index (χ2v) is 13.3. The number of ether oxygens (including phenoxy) is 3. The maximum atomic E-state index is 12.7. The molecular weight excluding hydrogens is 550 g/mol. The molecular formula is C31H45N7O5. The first-order valence-corrected chi connectivity index (χ1v) is 15.2. The Morgan fingerprint density at radius 1 is 1.21 bits per heavy atom. The number of aliphatic carboxylic acids is 1. The Hall–Kier alpha value is -3.35. The Morgan fingerprint density at radius 3 is 2.60 bits per heavy atom. The van der Waals surface area contributed by atoms with Crippen LogP contribution < -0.4 is 4.90 Å². The molecule has 0 radical (unpaired) electrons. The second kappa shape index (κ2) is 12.3. The van der Waals surface area contributed by atoms with Crippen molar-refractivity contribution in [3.05, 3.63) is 47.1 Å². The number of hydrogen-bond donors (Lipinski definition) is 1. The van der Waals surface area contributed by atoms with Crippen LogP contribution in [-0.4, -0.2) is 78.2 Å². The normalized spacial score (nSPS) is 22.6. The molecule has 1 N–H and O–H groups in total. The van der Waals surface area contributed by atoms with Crippen LogP contribution in [0.5, 0.6) is 0 Å². The lowest BCUT2D eigenvalue weighted by Gasteiger charge is -2.41.